The molecule has 1 heterocycles. The molecule has 1 fully saturated rings. The first-order chi connectivity index (χ1) is 7.05. The summed E-state index contributed by atoms with van der Waals surface area (Å²) in [4.78, 5) is 0. The highest BCUT2D eigenvalue weighted by Crippen LogP contribution is 2.53. The maximum absolute atomic E-state index is 6.02. The van der Waals surface area contributed by atoms with Gasteiger partial charge in [-0.2, -0.15) is 0 Å². The van der Waals surface area contributed by atoms with Crippen molar-refractivity contribution in [2.24, 2.45) is 11.3 Å². The lowest BCUT2D eigenvalue weighted by Gasteiger charge is -2.19. The summed E-state index contributed by atoms with van der Waals surface area (Å²) in [7, 11) is 0. The van der Waals surface area contributed by atoms with E-state index in [9.17, 15) is 0 Å². The van der Waals surface area contributed by atoms with Crippen LogP contribution in [0.3, 0.4) is 0 Å². The van der Waals surface area contributed by atoms with Crippen molar-refractivity contribution in [3.63, 3.8) is 0 Å². The van der Waals surface area contributed by atoms with Gasteiger partial charge in [-0.3, -0.25) is 0 Å². The highest BCUT2D eigenvalue weighted by Gasteiger charge is 2.46. The van der Waals surface area contributed by atoms with Crippen LogP contribution >= 0.6 is 11.6 Å². The second kappa shape index (κ2) is 3.74. The van der Waals surface area contributed by atoms with Crippen LogP contribution in [0.4, 0.5) is 0 Å². The van der Waals surface area contributed by atoms with E-state index in [2.05, 4.69) is 29.4 Å². The summed E-state index contributed by atoms with van der Waals surface area (Å²) in [5, 5.41) is 11.5. The fourth-order valence-electron chi connectivity index (χ4n) is 1.99. The van der Waals surface area contributed by atoms with Crippen LogP contribution in [-0.2, 0) is 6.54 Å². The van der Waals surface area contributed by atoms with Gasteiger partial charge >= 0.3 is 0 Å². The van der Waals surface area contributed by atoms with Crippen molar-refractivity contribution in [1.29, 1.82) is 0 Å². The number of tetrazole rings is 1. The predicted molar refractivity (Wildman–Crippen MR) is 58.6 cm³/mol. The summed E-state index contributed by atoms with van der Waals surface area (Å²) >= 11 is 6.02. The van der Waals surface area contributed by atoms with E-state index in [1.807, 2.05) is 11.6 Å². The van der Waals surface area contributed by atoms with Crippen LogP contribution in [0.15, 0.2) is 0 Å². The smallest absolute Gasteiger partial charge is 0.168 e. The Morgan fingerprint density at radius 3 is 2.53 bits per heavy atom. The fourth-order valence-corrected chi connectivity index (χ4v) is 2.14. The van der Waals surface area contributed by atoms with E-state index in [0.29, 0.717) is 11.3 Å². The van der Waals surface area contributed by atoms with Crippen LogP contribution in [-0.4, -0.2) is 20.2 Å². The molecule has 0 aliphatic heterocycles. The average Bonchev–Trinajstić information content (AvgIpc) is 2.77. The third-order valence-electron chi connectivity index (χ3n) is 3.50. The van der Waals surface area contributed by atoms with Gasteiger partial charge in [0.25, 0.3) is 0 Å². The summed E-state index contributed by atoms with van der Waals surface area (Å²) in [6.07, 6.45) is 2.56. The molecule has 1 atom stereocenters. The molecule has 84 valence electrons. The third-order valence-corrected chi connectivity index (χ3v) is 3.69. The van der Waals surface area contributed by atoms with Crippen LogP contribution in [0.1, 0.15) is 44.8 Å². The lowest BCUT2D eigenvalue weighted by molar-refractivity contribution is 0.288. The molecule has 0 amide bonds. The van der Waals surface area contributed by atoms with Crippen molar-refractivity contribution >= 4 is 11.6 Å². The van der Waals surface area contributed by atoms with Crippen LogP contribution < -0.4 is 0 Å². The van der Waals surface area contributed by atoms with Gasteiger partial charge in [0.05, 0.1) is 11.9 Å². The molecule has 1 aromatic rings. The zero-order chi connectivity index (χ0) is 11.1. The molecule has 5 heteroatoms. The van der Waals surface area contributed by atoms with E-state index in [4.69, 9.17) is 11.6 Å². The summed E-state index contributed by atoms with van der Waals surface area (Å²) in [6.45, 7) is 7.34. The highest BCUT2D eigenvalue weighted by molar-refractivity contribution is 6.20. The molecule has 1 unspecified atom stereocenters. The summed E-state index contributed by atoms with van der Waals surface area (Å²) < 4.78 is 1.87. The summed E-state index contributed by atoms with van der Waals surface area (Å²) in [5.41, 5.74) is 0.413. The molecule has 1 aliphatic rings. The van der Waals surface area contributed by atoms with Crippen molar-refractivity contribution in [2.45, 2.75) is 45.5 Å². The molecular formula is C10H17ClN4. The largest absolute Gasteiger partial charge is 0.228 e. The van der Waals surface area contributed by atoms with E-state index >= 15 is 0 Å². The molecule has 1 aromatic heterocycles. The molecule has 4 nitrogen and oxygen atoms in total. The number of rotatable bonds is 4. The maximum atomic E-state index is 6.02. The van der Waals surface area contributed by atoms with Crippen LogP contribution in [0, 0.1) is 11.3 Å². The minimum atomic E-state index is -0.122. The highest BCUT2D eigenvalue weighted by atomic mass is 35.5. The van der Waals surface area contributed by atoms with Gasteiger partial charge in [0.1, 0.15) is 0 Å². The zero-order valence-corrected chi connectivity index (χ0v) is 10.2. The lowest BCUT2D eigenvalue weighted by Crippen LogP contribution is -2.20. The SMILES string of the molecule is CC(Cl)c1nnnn1CC1(C(C)C)CC1. The molecule has 0 radical (unpaired) electrons. The van der Waals surface area contributed by atoms with E-state index < -0.39 is 0 Å². The Balaban J connectivity index is 2.14. The first kappa shape index (κ1) is 10.9. The van der Waals surface area contributed by atoms with Gasteiger partial charge < -0.3 is 0 Å². The molecule has 0 N–H and O–H groups in total. The molecule has 2 rings (SSSR count). The van der Waals surface area contributed by atoms with Gasteiger partial charge in [0.2, 0.25) is 0 Å². The number of nitrogens with zero attached hydrogens (tertiary/aromatic N) is 4. The van der Waals surface area contributed by atoms with Gasteiger partial charge in [0, 0.05) is 0 Å². The lowest BCUT2D eigenvalue weighted by atomic mass is 9.92. The monoisotopic (exact) mass is 228 g/mol. The second-order valence-corrected chi connectivity index (χ2v) is 5.48. The number of hydrogen-bond donors (Lipinski definition) is 0. The minimum Gasteiger partial charge on any atom is -0.228 e. The molecule has 0 aromatic carbocycles. The van der Waals surface area contributed by atoms with Gasteiger partial charge in [-0.1, -0.05) is 13.8 Å². The van der Waals surface area contributed by atoms with Crippen molar-refractivity contribution in [3.8, 4) is 0 Å². The Bertz CT molecular complexity index is 341. The minimum absolute atomic E-state index is 0.122. The normalized spacial score (nSPS) is 20.6. The Hall–Kier alpha value is -0.640. The van der Waals surface area contributed by atoms with Crippen LogP contribution in [0.5, 0.6) is 0 Å². The number of hydrogen-bond acceptors (Lipinski definition) is 3. The second-order valence-electron chi connectivity index (χ2n) is 4.83. The Labute approximate surface area is 95.0 Å². The first-order valence-electron chi connectivity index (χ1n) is 5.45. The fraction of sp³-hybridized carbons (Fsp3) is 0.900. The quantitative estimate of drug-likeness (QED) is 0.744. The zero-order valence-electron chi connectivity index (χ0n) is 9.44. The first-order valence-corrected chi connectivity index (χ1v) is 5.89. The van der Waals surface area contributed by atoms with E-state index in [0.717, 1.165) is 12.4 Å². The molecule has 15 heavy (non-hydrogen) atoms. The number of aromatic nitrogens is 4. The third kappa shape index (κ3) is 2.00. The van der Waals surface area contributed by atoms with Crippen LogP contribution in [0.25, 0.3) is 0 Å². The van der Waals surface area contributed by atoms with Crippen molar-refractivity contribution in [2.75, 3.05) is 0 Å². The molecular weight excluding hydrogens is 212 g/mol. The van der Waals surface area contributed by atoms with E-state index in [1.165, 1.54) is 12.8 Å². The van der Waals surface area contributed by atoms with Gasteiger partial charge in [-0.15, -0.1) is 16.7 Å². The van der Waals surface area contributed by atoms with Crippen molar-refractivity contribution < 1.29 is 0 Å². The molecule has 0 saturated heterocycles. The van der Waals surface area contributed by atoms with Gasteiger partial charge in [0.15, 0.2) is 5.82 Å². The maximum Gasteiger partial charge on any atom is 0.168 e. The average molecular weight is 229 g/mol. The Morgan fingerprint density at radius 2 is 2.07 bits per heavy atom. The molecule has 1 aliphatic carbocycles. The Kier molecular flexibility index (Phi) is 2.71. The van der Waals surface area contributed by atoms with E-state index in [-0.39, 0.29) is 5.38 Å². The van der Waals surface area contributed by atoms with Gasteiger partial charge in [-0.25, -0.2) is 4.68 Å². The van der Waals surface area contributed by atoms with Crippen LogP contribution in [0.2, 0.25) is 0 Å². The summed E-state index contributed by atoms with van der Waals surface area (Å²) in [5.74, 6) is 1.46. The molecule has 1 saturated carbocycles. The number of alkyl halides is 1. The Morgan fingerprint density at radius 1 is 1.40 bits per heavy atom. The van der Waals surface area contributed by atoms with Gasteiger partial charge in [-0.05, 0) is 41.5 Å². The topological polar surface area (TPSA) is 43.6 Å². The van der Waals surface area contributed by atoms with E-state index in [1.54, 1.807) is 0 Å². The standard InChI is InChI=1S/C10H17ClN4/c1-7(2)10(4-5-10)6-15-9(8(3)11)12-13-14-15/h7-8H,4-6H2,1-3H3. The number of halogens is 1. The summed E-state index contributed by atoms with van der Waals surface area (Å²) in [6, 6.07) is 0. The van der Waals surface area contributed by atoms with Crippen molar-refractivity contribution in [3.05, 3.63) is 5.82 Å². The van der Waals surface area contributed by atoms with Crippen molar-refractivity contribution in [1.82, 2.24) is 20.2 Å². The predicted octanol–water partition coefficient (Wildman–Crippen LogP) is 2.41. The molecule has 0 spiro atoms. The molecule has 0 bridgehead atoms.